The third-order valence-electron chi connectivity index (χ3n) is 2.44. The molecule has 1 rings (SSSR count). The Balaban J connectivity index is 2.51. The van der Waals surface area contributed by atoms with Crippen molar-refractivity contribution >= 4 is 5.91 Å². The van der Waals surface area contributed by atoms with Gasteiger partial charge in [0.15, 0.2) is 0 Å². The molecule has 0 aliphatic carbocycles. The molecule has 0 bridgehead atoms. The molecule has 1 aromatic heterocycles. The predicted molar refractivity (Wildman–Crippen MR) is 67.5 cm³/mol. The third kappa shape index (κ3) is 4.99. The average Bonchev–Trinajstić information content (AvgIpc) is 2.69. The molecule has 0 unspecified atom stereocenters. The summed E-state index contributed by atoms with van der Waals surface area (Å²) in [5.41, 5.74) is 0.0670. The van der Waals surface area contributed by atoms with E-state index in [1.54, 1.807) is 13.2 Å². The molecule has 0 spiro atoms. The van der Waals surface area contributed by atoms with Gasteiger partial charge in [0.2, 0.25) is 5.91 Å². The van der Waals surface area contributed by atoms with Crippen molar-refractivity contribution in [2.75, 3.05) is 7.05 Å². The number of nitrogens with one attached hydrogen (secondary N) is 2. The van der Waals surface area contributed by atoms with Crippen LogP contribution in [-0.2, 0) is 17.9 Å². The monoisotopic (exact) mass is 238 g/mol. The van der Waals surface area contributed by atoms with Crippen molar-refractivity contribution < 1.29 is 4.79 Å². The van der Waals surface area contributed by atoms with Crippen LogP contribution in [0.25, 0.3) is 0 Å². The Morgan fingerprint density at radius 1 is 1.47 bits per heavy atom. The molecule has 0 saturated heterocycles. The molecule has 17 heavy (non-hydrogen) atoms. The topological polar surface area (TPSA) is 59.0 Å². The lowest BCUT2D eigenvalue weighted by molar-refractivity contribution is -0.120. The van der Waals surface area contributed by atoms with Gasteiger partial charge in [-0.15, -0.1) is 0 Å². The van der Waals surface area contributed by atoms with Gasteiger partial charge in [0.05, 0.1) is 6.54 Å². The van der Waals surface area contributed by atoms with E-state index in [4.69, 9.17) is 0 Å². The van der Waals surface area contributed by atoms with E-state index in [1.807, 2.05) is 10.8 Å². The van der Waals surface area contributed by atoms with Gasteiger partial charge in [-0.25, -0.2) is 4.98 Å². The van der Waals surface area contributed by atoms with Gasteiger partial charge in [0.1, 0.15) is 5.82 Å². The van der Waals surface area contributed by atoms with E-state index in [0.29, 0.717) is 19.5 Å². The molecule has 1 amide bonds. The Bertz CT molecular complexity index is 365. The lowest BCUT2D eigenvalue weighted by Crippen LogP contribution is -2.36. The van der Waals surface area contributed by atoms with E-state index in [-0.39, 0.29) is 11.4 Å². The quantitative estimate of drug-likeness (QED) is 0.801. The van der Waals surface area contributed by atoms with Crippen LogP contribution in [0, 0.1) is 0 Å². The summed E-state index contributed by atoms with van der Waals surface area (Å²) < 4.78 is 2.01. The number of hydrogen-bond acceptors (Lipinski definition) is 3. The Hall–Kier alpha value is -1.36. The number of carbonyl (C=O) groups excluding carboxylic acids is 1. The Morgan fingerprint density at radius 2 is 2.18 bits per heavy atom. The summed E-state index contributed by atoms with van der Waals surface area (Å²) in [6.45, 7) is 7.73. The molecule has 5 nitrogen and oxygen atoms in total. The van der Waals surface area contributed by atoms with Gasteiger partial charge < -0.3 is 15.2 Å². The van der Waals surface area contributed by atoms with Gasteiger partial charge in [0.25, 0.3) is 0 Å². The number of carbonyl (C=O) groups is 1. The van der Waals surface area contributed by atoms with Gasteiger partial charge in [-0.2, -0.15) is 0 Å². The summed E-state index contributed by atoms with van der Waals surface area (Å²) in [5, 5.41) is 6.00. The highest BCUT2D eigenvalue weighted by Crippen LogP contribution is 2.04. The molecule has 0 saturated carbocycles. The van der Waals surface area contributed by atoms with Gasteiger partial charge >= 0.3 is 0 Å². The van der Waals surface area contributed by atoms with Crippen molar-refractivity contribution in [3.63, 3.8) is 0 Å². The van der Waals surface area contributed by atoms with Crippen LogP contribution in [0.1, 0.15) is 33.0 Å². The maximum absolute atomic E-state index is 11.2. The molecular weight excluding hydrogens is 216 g/mol. The summed E-state index contributed by atoms with van der Waals surface area (Å²) in [5.74, 6) is 1.01. The molecular formula is C12H22N4O. The van der Waals surface area contributed by atoms with Crippen LogP contribution in [0.3, 0.4) is 0 Å². The lowest BCUT2D eigenvalue weighted by atomic mass is 10.1. The fourth-order valence-corrected chi connectivity index (χ4v) is 1.40. The second-order valence-electron chi connectivity index (χ2n) is 5.06. The highest BCUT2D eigenvalue weighted by molar-refractivity contribution is 5.75. The molecule has 0 aromatic carbocycles. The van der Waals surface area contributed by atoms with Crippen molar-refractivity contribution in [2.45, 2.75) is 45.8 Å². The van der Waals surface area contributed by atoms with Crippen molar-refractivity contribution in [3.05, 3.63) is 18.2 Å². The van der Waals surface area contributed by atoms with Gasteiger partial charge in [-0.3, -0.25) is 4.79 Å². The molecule has 1 aromatic rings. The summed E-state index contributed by atoms with van der Waals surface area (Å²) in [6, 6.07) is 0. The molecule has 0 aliphatic heterocycles. The fraction of sp³-hybridized carbons (Fsp3) is 0.667. The smallest absolute Gasteiger partial charge is 0.221 e. The van der Waals surface area contributed by atoms with Crippen molar-refractivity contribution in [2.24, 2.45) is 0 Å². The number of amides is 1. The van der Waals surface area contributed by atoms with Crippen LogP contribution >= 0.6 is 0 Å². The number of hydrogen-bond donors (Lipinski definition) is 2. The molecule has 5 heteroatoms. The molecule has 2 N–H and O–H groups in total. The highest BCUT2D eigenvalue weighted by Gasteiger charge is 2.11. The molecule has 0 aliphatic rings. The van der Waals surface area contributed by atoms with E-state index >= 15 is 0 Å². The van der Waals surface area contributed by atoms with Crippen LogP contribution in [0.15, 0.2) is 12.4 Å². The van der Waals surface area contributed by atoms with E-state index < -0.39 is 0 Å². The number of rotatable bonds is 5. The maximum Gasteiger partial charge on any atom is 0.221 e. The Labute approximate surface area is 103 Å². The summed E-state index contributed by atoms with van der Waals surface area (Å²) in [7, 11) is 1.65. The fourth-order valence-electron chi connectivity index (χ4n) is 1.40. The van der Waals surface area contributed by atoms with E-state index in [0.717, 1.165) is 5.82 Å². The van der Waals surface area contributed by atoms with Gasteiger partial charge in [-0.05, 0) is 20.8 Å². The zero-order chi connectivity index (χ0) is 12.9. The summed E-state index contributed by atoms with van der Waals surface area (Å²) in [6.07, 6.45) is 4.15. The first-order chi connectivity index (χ1) is 7.92. The average molecular weight is 238 g/mol. The van der Waals surface area contributed by atoms with Crippen LogP contribution in [0.4, 0.5) is 0 Å². The van der Waals surface area contributed by atoms with Crippen LogP contribution < -0.4 is 10.6 Å². The first-order valence-electron chi connectivity index (χ1n) is 5.88. The summed E-state index contributed by atoms with van der Waals surface area (Å²) >= 11 is 0. The van der Waals surface area contributed by atoms with E-state index in [2.05, 4.69) is 36.4 Å². The van der Waals surface area contributed by atoms with E-state index in [1.165, 1.54) is 0 Å². The number of imidazole rings is 1. The van der Waals surface area contributed by atoms with Crippen molar-refractivity contribution in [1.82, 2.24) is 20.2 Å². The molecule has 1 heterocycles. The van der Waals surface area contributed by atoms with Crippen molar-refractivity contribution in [3.8, 4) is 0 Å². The highest BCUT2D eigenvalue weighted by atomic mass is 16.1. The van der Waals surface area contributed by atoms with E-state index in [9.17, 15) is 4.79 Å². The zero-order valence-corrected chi connectivity index (χ0v) is 11.1. The Morgan fingerprint density at radius 3 is 2.76 bits per heavy atom. The van der Waals surface area contributed by atoms with Crippen molar-refractivity contribution in [1.29, 1.82) is 0 Å². The molecule has 0 radical (unpaired) electrons. The predicted octanol–water partition coefficient (Wildman–Crippen LogP) is 0.907. The maximum atomic E-state index is 11.2. The minimum absolute atomic E-state index is 0.0495. The van der Waals surface area contributed by atoms with Gasteiger partial charge in [0, 0.05) is 37.9 Å². The van der Waals surface area contributed by atoms with Gasteiger partial charge in [-0.1, -0.05) is 0 Å². The largest absolute Gasteiger partial charge is 0.359 e. The molecule has 0 fully saturated rings. The lowest BCUT2D eigenvalue weighted by Gasteiger charge is -2.20. The normalized spacial score (nSPS) is 11.5. The number of aromatic nitrogens is 2. The second-order valence-corrected chi connectivity index (χ2v) is 5.06. The minimum atomic E-state index is 0.0495. The zero-order valence-electron chi connectivity index (χ0n) is 11.1. The van der Waals surface area contributed by atoms with Crippen LogP contribution in [0.5, 0.6) is 0 Å². The first kappa shape index (κ1) is 13.7. The number of aryl methyl sites for hydroxylation is 1. The molecule has 0 atom stereocenters. The SMILES string of the molecule is CNC(=O)CCn1ccnc1CNC(C)(C)C. The van der Waals surface area contributed by atoms with Crippen LogP contribution in [-0.4, -0.2) is 28.0 Å². The third-order valence-corrected chi connectivity index (χ3v) is 2.44. The van der Waals surface area contributed by atoms with Crippen LogP contribution in [0.2, 0.25) is 0 Å². The standard InChI is InChI=1S/C12H22N4O/c1-12(2,3)15-9-10-14-6-8-16(10)7-5-11(17)13-4/h6,8,15H,5,7,9H2,1-4H3,(H,13,17). The molecule has 96 valence electrons. The summed E-state index contributed by atoms with van der Waals surface area (Å²) in [4.78, 5) is 15.5. The first-order valence-corrected chi connectivity index (χ1v) is 5.88. The number of nitrogens with zero attached hydrogens (tertiary/aromatic N) is 2. The minimum Gasteiger partial charge on any atom is -0.359 e. The Kier molecular flexibility index (Phi) is 4.69. The second kappa shape index (κ2) is 5.82.